The minimum Gasteiger partial charge on any atom is -0.343 e. The number of likely N-dealkylation sites (tertiary alicyclic amines) is 1. The Bertz CT molecular complexity index is 296. The standard InChI is InChI=1S/C13H25N3O2.ClH/c1-3-15(4-2)12(17)7-8-13(18)16-9-5-6-11(14)10-16;/h11H,3-10,14H2,1-2H3;1H. The molecule has 0 aromatic heterocycles. The molecule has 1 aliphatic heterocycles. The number of hydrogen-bond donors (Lipinski definition) is 1. The number of hydrogen-bond acceptors (Lipinski definition) is 3. The highest BCUT2D eigenvalue weighted by atomic mass is 35.5. The van der Waals surface area contributed by atoms with Gasteiger partial charge < -0.3 is 15.5 Å². The van der Waals surface area contributed by atoms with E-state index in [9.17, 15) is 9.59 Å². The second-order valence-electron chi connectivity index (χ2n) is 4.81. The van der Waals surface area contributed by atoms with Gasteiger partial charge in [0.2, 0.25) is 11.8 Å². The Labute approximate surface area is 121 Å². The van der Waals surface area contributed by atoms with Crippen molar-refractivity contribution in [2.75, 3.05) is 26.2 Å². The molecule has 112 valence electrons. The fourth-order valence-corrected chi connectivity index (χ4v) is 2.34. The van der Waals surface area contributed by atoms with E-state index in [1.165, 1.54) is 0 Å². The second-order valence-corrected chi connectivity index (χ2v) is 4.81. The van der Waals surface area contributed by atoms with E-state index in [1.54, 1.807) is 9.80 Å². The zero-order valence-corrected chi connectivity index (χ0v) is 12.7. The highest BCUT2D eigenvalue weighted by Crippen LogP contribution is 2.10. The molecule has 2 amide bonds. The lowest BCUT2D eigenvalue weighted by atomic mass is 10.1. The van der Waals surface area contributed by atoms with Gasteiger partial charge in [-0.15, -0.1) is 12.4 Å². The first-order chi connectivity index (χ1) is 8.58. The third kappa shape index (κ3) is 5.78. The lowest BCUT2D eigenvalue weighted by molar-refractivity contribution is -0.137. The van der Waals surface area contributed by atoms with Crippen LogP contribution in [0.1, 0.15) is 39.5 Å². The molecule has 1 unspecified atom stereocenters. The fourth-order valence-electron chi connectivity index (χ4n) is 2.34. The van der Waals surface area contributed by atoms with Crippen LogP contribution in [0, 0.1) is 0 Å². The zero-order valence-electron chi connectivity index (χ0n) is 11.9. The molecule has 0 bridgehead atoms. The maximum Gasteiger partial charge on any atom is 0.223 e. The number of nitrogens with zero attached hydrogens (tertiary/aromatic N) is 2. The molecule has 5 nitrogen and oxygen atoms in total. The van der Waals surface area contributed by atoms with E-state index >= 15 is 0 Å². The van der Waals surface area contributed by atoms with Crippen LogP contribution in [0.3, 0.4) is 0 Å². The van der Waals surface area contributed by atoms with Crippen LogP contribution in [0.25, 0.3) is 0 Å². The minimum atomic E-state index is 0. The topological polar surface area (TPSA) is 66.6 Å². The van der Waals surface area contributed by atoms with Crippen LogP contribution in [0.15, 0.2) is 0 Å². The van der Waals surface area contributed by atoms with Crippen molar-refractivity contribution >= 4 is 24.2 Å². The van der Waals surface area contributed by atoms with E-state index in [1.807, 2.05) is 13.8 Å². The largest absolute Gasteiger partial charge is 0.343 e. The Morgan fingerprint density at radius 3 is 2.42 bits per heavy atom. The molecule has 1 rings (SSSR count). The smallest absolute Gasteiger partial charge is 0.223 e. The van der Waals surface area contributed by atoms with E-state index in [2.05, 4.69) is 0 Å². The first kappa shape index (κ1) is 18.2. The molecule has 1 fully saturated rings. The van der Waals surface area contributed by atoms with Crippen LogP contribution in [0.4, 0.5) is 0 Å². The number of rotatable bonds is 5. The van der Waals surface area contributed by atoms with Crippen molar-refractivity contribution in [3.8, 4) is 0 Å². The summed E-state index contributed by atoms with van der Waals surface area (Å²) in [6, 6.07) is 0.0983. The van der Waals surface area contributed by atoms with E-state index < -0.39 is 0 Å². The molecule has 0 aromatic rings. The summed E-state index contributed by atoms with van der Waals surface area (Å²) in [5.74, 6) is 0.125. The Balaban J connectivity index is 0.00000324. The summed E-state index contributed by atoms with van der Waals surface area (Å²) in [4.78, 5) is 27.3. The molecular weight excluding hydrogens is 266 g/mol. The molecule has 1 atom stereocenters. The molecule has 1 aliphatic rings. The average molecular weight is 292 g/mol. The van der Waals surface area contributed by atoms with Crippen molar-refractivity contribution in [3.05, 3.63) is 0 Å². The van der Waals surface area contributed by atoms with Crippen molar-refractivity contribution < 1.29 is 9.59 Å². The van der Waals surface area contributed by atoms with Gasteiger partial charge in [0.05, 0.1) is 0 Å². The maximum atomic E-state index is 11.9. The Morgan fingerprint density at radius 2 is 1.89 bits per heavy atom. The van der Waals surface area contributed by atoms with Crippen molar-refractivity contribution in [2.24, 2.45) is 5.73 Å². The third-order valence-electron chi connectivity index (χ3n) is 3.48. The molecular formula is C13H26ClN3O2. The summed E-state index contributed by atoms with van der Waals surface area (Å²) in [7, 11) is 0. The summed E-state index contributed by atoms with van der Waals surface area (Å²) in [6.07, 6.45) is 2.58. The molecule has 19 heavy (non-hydrogen) atoms. The lowest BCUT2D eigenvalue weighted by Crippen LogP contribution is -2.46. The van der Waals surface area contributed by atoms with Crippen LogP contribution >= 0.6 is 12.4 Å². The average Bonchev–Trinajstić information content (AvgIpc) is 2.37. The first-order valence-electron chi connectivity index (χ1n) is 6.89. The summed E-state index contributed by atoms with van der Waals surface area (Å²) in [5, 5.41) is 0. The van der Waals surface area contributed by atoms with Gasteiger partial charge in [0.15, 0.2) is 0 Å². The number of amides is 2. The molecule has 2 N–H and O–H groups in total. The van der Waals surface area contributed by atoms with E-state index in [0.29, 0.717) is 32.5 Å². The first-order valence-corrected chi connectivity index (χ1v) is 6.89. The van der Waals surface area contributed by atoms with Crippen LogP contribution < -0.4 is 5.73 Å². The van der Waals surface area contributed by atoms with E-state index in [4.69, 9.17) is 5.73 Å². The van der Waals surface area contributed by atoms with Gasteiger partial charge in [0.25, 0.3) is 0 Å². The van der Waals surface area contributed by atoms with Crippen LogP contribution in [-0.2, 0) is 9.59 Å². The van der Waals surface area contributed by atoms with Crippen LogP contribution in [0.2, 0.25) is 0 Å². The molecule has 6 heteroatoms. The van der Waals surface area contributed by atoms with E-state index in [0.717, 1.165) is 19.4 Å². The van der Waals surface area contributed by atoms with Gasteiger partial charge in [0, 0.05) is 45.1 Å². The predicted molar refractivity (Wildman–Crippen MR) is 78.2 cm³/mol. The van der Waals surface area contributed by atoms with Gasteiger partial charge in [-0.05, 0) is 26.7 Å². The highest BCUT2D eigenvalue weighted by molar-refractivity contribution is 5.85. The third-order valence-corrected chi connectivity index (χ3v) is 3.48. The minimum absolute atomic E-state index is 0. The van der Waals surface area contributed by atoms with Crippen molar-refractivity contribution in [1.82, 2.24) is 9.80 Å². The number of carbonyl (C=O) groups is 2. The molecule has 0 aliphatic carbocycles. The number of halogens is 1. The monoisotopic (exact) mass is 291 g/mol. The van der Waals surface area contributed by atoms with Gasteiger partial charge >= 0.3 is 0 Å². The molecule has 0 aromatic carbocycles. The van der Waals surface area contributed by atoms with Crippen molar-refractivity contribution in [1.29, 1.82) is 0 Å². The van der Waals surface area contributed by atoms with Gasteiger partial charge in [-0.1, -0.05) is 0 Å². The summed E-state index contributed by atoms with van der Waals surface area (Å²) in [5.41, 5.74) is 5.84. The summed E-state index contributed by atoms with van der Waals surface area (Å²) >= 11 is 0. The lowest BCUT2D eigenvalue weighted by Gasteiger charge is -2.31. The Hall–Kier alpha value is -0.810. The van der Waals surface area contributed by atoms with Gasteiger partial charge in [0.1, 0.15) is 0 Å². The van der Waals surface area contributed by atoms with Gasteiger partial charge in [-0.3, -0.25) is 9.59 Å². The fraction of sp³-hybridized carbons (Fsp3) is 0.846. The van der Waals surface area contributed by atoms with Crippen molar-refractivity contribution in [3.63, 3.8) is 0 Å². The van der Waals surface area contributed by atoms with E-state index in [-0.39, 0.29) is 30.3 Å². The molecule has 0 radical (unpaired) electrons. The Kier molecular flexibility index (Phi) is 8.76. The zero-order chi connectivity index (χ0) is 13.5. The summed E-state index contributed by atoms with van der Waals surface area (Å²) in [6.45, 7) is 6.74. The van der Waals surface area contributed by atoms with Gasteiger partial charge in [-0.25, -0.2) is 0 Å². The van der Waals surface area contributed by atoms with Crippen LogP contribution in [0.5, 0.6) is 0 Å². The number of carbonyl (C=O) groups excluding carboxylic acids is 2. The molecule has 1 saturated heterocycles. The van der Waals surface area contributed by atoms with Crippen LogP contribution in [-0.4, -0.2) is 53.8 Å². The molecule has 0 spiro atoms. The predicted octanol–water partition coefficient (Wildman–Crippen LogP) is 1.01. The molecule has 0 saturated carbocycles. The molecule has 1 heterocycles. The number of nitrogens with two attached hydrogens (primary N) is 1. The number of piperidine rings is 1. The van der Waals surface area contributed by atoms with Crippen molar-refractivity contribution in [2.45, 2.75) is 45.6 Å². The second kappa shape index (κ2) is 9.15. The quantitative estimate of drug-likeness (QED) is 0.822. The summed E-state index contributed by atoms with van der Waals surface area (Å²) < 4.78 is 0. The maximum absolute atomic E-state index is 11.9. The highest BCUT2D eigenvalue weighted by Gasteiger charge is 2.22. The normalized spacial score (nSPS) is 18.7. The van der Waals surface area contributed by atoms with Gasteiger partial charge in [-0.2, -0.15) is 0 Å². The SMILES string of the molecule is CCN(CC)C(=O)CCC(=O)N1CCCC(N)C1.Cl. The Morgan fingerprint density at radius 1 is 1.26 bits per heavy atom.